The normalized spacial score (nSPS) is 22.4. The topological polar surface area (TPSA) is 30.9 Å². The molecule has 5 heteroatoms. The number of halogens is 1. The lowest BCUT2D eigenvalue weighted by Crippen LogP contribution is -2.56. The number of piperidine rings is 1. The third-order valence-electron chi connectivity index (χ3n) is 5.76. The standard InChI is InChI=1S/C21H23ClN4/c22-15-8-9-19-20(13-15)24-21(17-6-1-2-7-18(17)23-19)26-12-11-25-10-4-3-5-16(25)14-26/h1-2,6-9,13,16,23H,3-5,10-12,14H2. The molecule has 3 aliphatic heterocycles. The van der Waals surface area contributed by atoms with Crippen LogP contribution < -0.4 is 5.32 Å². The van der Waals surface area contributed by atoms with Crippen LogP contribution in [0.2, 0.25) is 5.02 Å². The Labute approximate surface area is 159 Å². The number of fused-ring (bicyclic) bond motifs is 3. The van der Waals surface area contributed by atoms with Gasteiger partial charge in [-0.1, -0.05) is 30.2 Å². The van der Waals surface area contributed by atoms with E-state index in [0.717, 1.165) is 47.6 Å². The molecular weight excluding hydrogens is 344 g/mol. The molecule has 2 aromatic rings. The molecule has 0 aromatic heterocycles. The molecule has 3 aliphatic rings. The zero-order chi connectivity index (χ0) is 17.5. The van der Waals surface area contributed by atoms with E-state index in [-0.39, 0.29) is 0 Å². The summed E-state index contributed by atoms with van der Waals surface area (Å²) in [6, 6.07) is 15.0. The quantitative estimate of drug-likeness (QED) is 0.736. The SMILES string of the molecule is Clc1ccc2c(c1)N=C(N1CCN3CCCCC3C1)c1ccccc1N2. The lowest BCUT2D eigenvalue weighted by Gasteiger charge is -2.45. The predicted octanol–water partition coefficient (Wildman–Crippen LogP) is 4.65. The third-order valence-corrected chi connectivity index (χ3v) is 6.00. The third kappa shape index (κ3) is 2.87. The Kier molecular flexibility index (Phi) is 4.10. The van der Waals surface area contributed by atoms with E-state index < -0.39 is 0 Å². The molecule has 4 nitrogen and oxygen atoms in total. The molecule has 2 aromatic carbocycles. The summed E-state index contributed by atoms with van der Waals surface area (Å²) in [7, 11) is 0. The van der Waals surface area contributed by atoms with Crippen LogP contribution in [0.25, 0.3) is 0 Å². The Balaban J connectivity index is 1.57. The van der Waals surface area contributed by atoms with Gasteiger partial charge in [-0.05, 0) is 49.7 Å². The fraction of sp³-hybridized carbons (Fsp3) is 0.381. The van der Waals surface area contributed by atoms with E-state index >= 15 is 0 Å². The fourth-order valence-electron chi connectivity index (χ4n) is 4.40. The largest absolute Gasteiger partial charge is 0.353 e. The number of para-hydroxylation sites is 1. The minimum Gasteiger partial charge on any atom is -0.353 e. The first-order valence-electron chi connectivity index (χ1n) is 9.51. The van der Waals surface area contributed by atoms with Crippen LogP contribution >= 0.6 is 11.6 Å². The molecule has 2 fully saturated rings. The molecule has 1 unspecified atom stereocenters. The van der Waals surface area contributed by atoms with Crippen molar-refractivity contribution in [2.24, 2.45) is 4.99 Å². The van der Waals surface area contributed by atoms with Crippen molar-refractivity contribution < 1.29 is 0 Å². The lowest BCUT2D eigenvalue weighted by molar-refractivity contribution is 0.0805. The van der Waals surface area contributed by atoms with E-state index in [2.05, 4.69) is 39.4 Å². The van der Waals surface area contributed by atoms with Gasteiger partial charge < -0.3 is 10.2 Å². The van der Waals surface area contributed by atoms with Crippen LogP contribution in [-0.2, 0) is 0 Å². The molecule has 5 rings (SSSR count). The Hall–Kier alpha value is -2.04. The summed E-state index contributed by atoms with van der Waals surface area (Å²) >= 11 is 6.25. The second-order valence-electron chi connectivity index (χ2n) is 7.40. The number of hydrogen-bond acceptors (Lipinski definition) is 4. The zero-order valence-corrected chi connectivity index (χ0v) is 15.5. The maximum absolute atomic E-state index is 6.25. The van der Waals surface area contributed by atoms with Crippen molar-refractivity contribution in [3.05, 3.63) is 53.1 Å². The van der Waals surface area contributed by atoms with Gasteiger partial charge in [0.05, 0.1) is 11.4 Å². The second-order valence-corrected chi connectivity index (χ2v) is 7.84. The monoisotopic (exact) mass is 366 g/mol. The molecule has 0 aliphatic carbocycles. The molecule has 26 heavy (non-hydrogen) atoms. The first-order valence-corrected chi connectivity index (χ1v) is 9.89. The van der Waals surface area contributed by atoms with Crippen LogP contribution in [0.5, 0.6) is 0 Å². The molecule has 0 amide bonds. The van der Waals surface area contributed by atoms with E-state index in [4.69, 9.17) is 16.6 Å². The highest BCUT2D eigenvalue weighted by molar-refractivity contribution is 6.31. The van der Waals surface area contributed by atoms with E-state index in [1.54, 1.807) is 0 Å². The predicted molar refractivity (Wildman–Crippen MR) is 108 cm³/mol. The molecular formula is C21H23ClN4. The van der Waals surface area contributed by atoms with Crippen molar-refractivity contribution >= 4 is 34.5 Å². The van der Waals surface area contributed by atoms with Crippen molar-refractivity contribution in [2.45, 2.75) is 25.3 Å². The number of nitrogens with zero attached hydrogens (tertiary/aromatic N) is 3. The highest BCUT2D eigenvalue weighted by Gasteiger charge is 2.32. The van der Waals surface area contributed by atoms with Gasteiger partial charge in [0.15, 0.2) is 0 Å². The summed E-state index contributed by atoms with van der Waals surface area (Å²) in [5, 5.41) is 4.26. The number of benzene rings is 2. The van der Waals surface area contributed by atoms with Gasteiger partial charge in [0, 0.05) is 41.9 Å². The van der Waals surface area contributed by atoms with Crippen molar-refractivity contribution in [2.75, 3.05) is 31.5 Å². The van der Waals surface area contributed by atoms with Crippen LogP contribution in [0.4, 0.5) is 17.1 Å². The number of nitrogens with one attached hydrogen (secondary N) is 1. The van der Waals surface area contributed by atoms with Gasteiger partial charge in [-0.2, -0.15) is 0 Å². The Morgan fingerprint density at radius 2 is 1.92 bits per heavy atom. The van der Waals surface area contributed by atoms with E-state index in [1.807, 2.05) is 18.2 Å². The summed E-state index contributed by atoms with van der Waals surface area (Å²) in [6.07, 6.45) is 3.99. The first-order chi connectivity index (χ1) is 12.8. The average molecular weight is 367 g/mol. The minimum atomic E-state index is 0.655. The van der Waals surface area contributed by atoms with Gasteiger partial charge in [0.1, 0.15) is 5.84 Å². The van der Waals surface area contributed by atoms with Crippen LogP contribution in [0.3, 0.4) is 0 Å². The van der Waals surface area contributed by atoms with Crippen molar-refractivity contribution in [1.82, 2.24) is 9.80 Å². The number of aliphatic imine (C=N–C) groups is 1. The highest BCUT2D eigenvalue weighted by Crippen LogP contribution is 2.37. The van der Waals surface area contributed by atoms with Crippen molar-refractivity contribution in [1.29, 1.82) is 0 Å². The first kappa shape index (κ1) is 16.2. The number of anilines is 2. The van der Waals surface area contributed by atoms with Gasteiger partial charge in [-0.25, -0.2) is 4.99 Å². The van der Waals surface area contributed by atoms with Crippen LogP contribution in [0.1, 0.15) is 24.8 Å². The molecule has 3 heterocycles. The molecule has 1 N–H and O–H groups in total. The lowest BCUT2D eigenvalue weighted by atomic mass is 9.99. The van der Waals surface area contributed by atoms with Crippen LogP contribution in [0.15, 0.2) is 47.5 Å². The summed E-state index contributed by atoms with van der Waals surface area (Å²) in [4.78, 5) is 10.2. The Bertz CT molecular complexity index is 863. The maximum atomic E-state index is 6.25. The second kappa shape index (κ2) is 6.60. The molecule has 0 spiro atoms. The summed E-state index contributed by atoms with van der Waals surface area (Å²) in [6.45, 7) is 4.46. The number of piperazine rings is 1. The van der Waals surface area contributed by atoms with Gasteiger partial charge >= 0.3 is 0 Å². The molecule has 0 saturated carbocycles. The van der Waals surface area contributed by atoms with E-state index in [1.165, 1.54) is 31.4 Å². The average Bonchev–Trinajstić information content (AvgIpc) is 2.84. The zero-order valence-electron chi connectivity index (χ0n) is 14.8. The molecule has 0 bridgehead atoms. The summed E-state index contributed by atoms with van der Waals surface area (Å²) in [5.41, 5.74) is 4.20. The minimum absolute atomic E-state index is 0.655. The molecule has 1 atom stereocenters. The van der Waals surface area contributed by atoms with Gasteiger partial charge in [0.2, 0.25) is 0 Å². The fourth-order valence-corrected chi connectivity index (χ4v) is 4.57. The van der Waals surface area contributed by atoms with Gasteiger partial charge in [-0.15, -0.1) is 0 Å². The number of hydrogen-bond donors (Lipinski definition) is 1. The van der Waals surface area contributed by atoms with Crippen molar-refractivity contribution in [3.8, 4) is 0 Å². The van der Waals surface area contributed by atoms with E-state index in [0.29, 0.717) is 6.04 Å². The van der Waals surface area contributed by atoms with Crippen LogP contribution in [-0.4, -0.2) is 47.9 Å². The number of rotatable bonds is 0. The molecule has 0 radical (unpaired) electrons. The number of amidine groups is 1. The molecule has 134 valence electrons. The smallest absolute Gasteiger partial charge is 0.138 e. The molecule has 2 saturated heterocycles. The van der Waals surface area contributed by atoms with E-state index in [9.17, 15) is 0 Å². The highest BCUT2D eigenvalue weighted by atomic mass is 35.5. The van der Waals surface area contributed by atoms with Crippen LogP contribution in [0, 0.1) is 0 Å². The summed E-state index contributed by atoms with van der Waals surface area (Å²) in [5.74, 6) is 1.07. The van der Waals surface area contributed by atoms with Gasteiger partial charge in [-0.3, -0.25) is 4.90 Å². The summed E-state index contributed by atoms with van der Waals surface area (Å²) < 4.78 is 0. The Morgan fingerprint density at radius 3 is 2.88 bits per heavy atom. The maximum Gasteiger partial charge on any atom is 0.138 e. The van der Waals surface area contributed by atoms with Gasteiger partial charge in [0.25, 0.3) is 0 Å². The Morgan fingerprint density at radius 1 is 1.00 bits per heavy atom. The van der Waals surface area contributed by atoms with Crippen molar-refractivity contribution in [3.63, 3.8) is 0 Å².